The van der Waals surface area contributed by atoms with Gasteiger partial charge < -0.3 is 10.1 Å². The Bertz CT molecular complexity index is 376. The van der Waals surface area contributed by atoms with E-state index >= 15 is 0 Å². The Morgan fingerprint density at radius 1 is 1.47 bits per heavy atom. The Kier molecular flexibility index (Phi) is 2.43. The summed E-state index contributed by atoms with van der Waals surface area (Å²) in [4.78, 5) is 0. The lowest BCUT2D eigenvalue weighted by Crippen LogP contribution is -2.38. The molecule has 0 radical (unpaired) electrons. The fraction of sp³-hybridized carbons (Fsp3) is 0.500. The van der Waals surface area contributed by atoms with E-state index in [1.165, 1.54) is 6.07 Å². The van der Waals surface area contributed by atoms with Crippen molar-refractivity contribution >= 4 is 0 Å². The van der Waals surface area contributed by atoms with Crippen molar-refractivity contribution in [3.8, 4) is 5.75 Å². The number of para-hydroxylation sites is 1. The normalized spacial score (nSPS) is 23.1. The zero-order valence-electron chi connectivity index (χ0n) is 9.30. The first-order valence-corrected chi connectivity index (χ1v) is 5.18. The third-order valence-corrected chi connectivity index (χ3v) is 2.80. The summed E-state index contributed by atoms with van der Waals surface area (Å²) in [7, 11) is 1.89. The second kappa shape index (κ2) is 3.49. The molecule has 0 aromatic heterocycles. The highest BCUT2D eigenvalue weighted by atomic mass is 19.1. The first kappa shape index (κ1) is 10.4. The standard InChI is InChI=1S/C12H16FNO/c1-12(2)7-10(14-3)8-5-4-6-9(13)11(8)15-12/h4-6,10,14H,7H2,1-3H3. The quantitative estimate of drug-likeness (QED) is 0.767. The number of hydrogen-bond donors (Lipinski definition) is 1. The summed E-state index contributed by atoms with van der Waals surface area (Å²) in [6, 6.07) is 5.24. The van der Waals surface area contributed by atoms with Crippen LogP contribution < -0.4 is 10.1 Å². The van der Waals surface area contributed by atoms with Gasteiger partial charge in [0.05, 0.1) is 0 Å². The molecule has 15 heavy (non-hydrogen) atoms. The van der Waals surface area contributed by atoms with Gasteiger partial charge in [-0.15, -0.1) is 0 Å². The van der Waals surface area contributed by atoms with Crippen molar-refractivity contribution in [1.82, 2.24) is 5.32 Å². The first-order chi connectivity index (χ1) is 7.03. The summed E-state index contributed by atoms with van der Waals surface area (Å²) >= 11 is 0. The SMILES string of the molecule is CNC1CC(C)(C)Oc2c(F)cccc21. The minimum Gasteiger partial charge on any atom is -0.484 e. The van der Waals surface area contributed by atoms with Gasteiger partial charge >= 0.3 is 0 Å². The number of rotatable bonds is 1. The second-order valence-corrected chi connectivity index (χ2v) is 4.57. The monoisotopic (exact) mass is 209 g/mol. The lowest BCUT2D eigenvalue weighted by molar-refractivity contribution is 0.0622. The van der Waals surface area contributed by atoms with E-state index in [-0.39, 0.29) is 17.5 Å². The number of nitrogens with one attached hydrogen (secondary N) is 1. The molecule has 0 fully saturated rings. The molecule has 1 heterocycles. The van der Waals surface area contributed by atoms with Gasteiger partial charge in [0.1, 0.15) is 5.60 Å². The molecule has 82 valence electrons. The minimum atomic E-state index is -0.317. The van der Waals surface area contributed by atoms with Gasteiger partial charge in [0.2, 0.25) is 0 Å². The summed E-state index contributed by atoms with van der Waals surface area (Å²) in [5, 5.41) is 3.20. The van der Waals surface area contributed by atoms with Gasteiger partial charge in [0, 0.05) is 18.0 Å². The molecular weight excluding hydrogens is 193 g/mol. The highest BCUT2D eigenvalue weighted by Crippen LogP contribution is 2.40. The molecule has 1 aromatic carbocycles. The Morgan fingerprint density at radius 2 is 2.20 bits per heavy atom. The van der Waals surface area contributed by atoms with Crippen molar-refractivity contribution in [1.29, 1.82) is 0 Å². The molecule has 1 unspecified atom stereocenters. The molecule has 0 aliphatic carbocycles. The van der Waals surface area contributed by atoms with Crippen molar-refractivity contribution < 1.29 is 9.13 Å². The predicted octanol–water partition coefficient (Wildman–Crippen LogP) is 2.65. The number of benzene rings is 1. The fourth-order valence-corrected chi connectivity index (χ4v) is 2.08. The summed E-state index contributed by atoms with van der Waals surface area (Å²) in [5.74, 6) is 0.119. The molecule has 0 saturated carbocycles. The summed E-state index contributed by atoms with van der Waals surface area (Å²) in [5.41, 5.74) is 0.597. The zero-order valence-corrected chi connectivity index (χ0v) is 9.30. The highest BCUT2D eigenvalue weighted by Gasteiger charge is 2.34. The van der Waals surface area contributed by atoms with E-state index in [1.807, 2.05) is 27.0 Å². The molecule has 0 amide bonds. The molecule has 1 aliphatic heterocycles. The van der Waals surface area contributed by atoms with Crippen LogP contribution >= 0.6 is 0 Å². The lowest BCUT2D eigenvalue weighted by Gasteiger charge is -2.37. The van der Waals surface area contributed by atoms with E-state index in [0.29, 0.717) is 5.75 Å². The minimum absolute atomic E-state index is 0.166. The van der Waals surface area contributed by atoms with Crippen LogP contribution in [0.5, 0.6) is 5.75 Å². The molecular formula is C12H16FNO. The molecule has 0 saturated heterocycles. The van der Waals surface area contributed by atoms with Gasteiger partial charge in [-0.1, -0.05) is 12.1 Å². The summed E-state index contributed by atoms with van der Waals surface area (Å²) < 4.78 is 19.2. The van der Waals surface area contributed by atoms with E-state index in [4.69, 9.17) is 4.74 Å². The van der Waals surface area contributed by atoms with E-state index in [9.17, 15) is 4.39 Å². The van der Waals surface area contributed by atoms with Crippen LogP contribution in [-0.2, 0) is 0 Å². The van der Waals surface area contributed by atoms with Gasteiger partial charge in [-0.25, -0.2) is 4.39 Å². The Hall–Kier alpha value is -1.09. The van der Waals surface area contributed by atoms with Crippen molar-refractivity contribution in [2.45, 2.75) is 31.9 Å². The van der Waals surface area contributed by atoms with Crippen LogP contribution in [0.25, 0.3) is 0 Å². The van der Waals surface area contributed by atoms with Crippen LogP contribution in [0.2, 0.25) is 0 Å². The van der Waals surface area contributed by atoms with E-state index in [2.05, 4.69) is 5.32 Å². The number of ether oxygens (including phenoxy) is 1. The van der Waals surface area contributed by atoms with Crippen molar-refractivity contribution in [2.75, 3.05) is 7.05 Å². The van der Waals surface area contributed by atoms with Crippen molar-refractivity contribution in [3.63, 3.8) is 0 Å². The third-order valence-electron chi connectivity index (χ3n) is 2.80. The molecule has 1 N–H and O–H groups in total. The zero-order chi connectivity index (χ0) is 11.1. The van der Waals surface area contributed by atoms with Gasteiger partial charge in [0.25, 0.3) is 0 Å². The van der Waals surface area contributed by atoms with Crippen molar-refractivity contribution in [2.24, 2.45) is 0 Å². The van der Waals surface area contributed by atoms with Gasteiger partial charge in [-0.3, -0.25) is 0 Å². The number of fused-ring (bicyclic) bond motifs is 1. The third kappa shape index (κ3) is 1.84. The fourth-order valence-electron chi connectivity index (χ4n) is 2.08. The van der Waals surface area contributed by atoms with Crippen LogP contribution in [0.15, 0.2) is 18.2 Å². The van der Waals surface area contributed by atoms with Crippen LogP contribution in [-0.4, -0.2) is 12.6 Å². The maximum absolute atomic E-state index is 13.6. The van der Waals surface area contributed by atoms with Crippen LogP contribution in [0.3, 0.4) is 0 Å². The average Bonchev–Trinajstić information content (AvgIpc) is 2.17. The van der Waals surface area contributed by atoms with Gasteiger partial charge in [0.15, 0.2) is 11.6 Å². The second-order valence-electron chi connectivity index (χ2n) is 4.57. The van der Waals surface area contributed by atoms with E-state index in [0.717, 1.165) is 12.0 Å². The van der Waals surface area contributed by atoms with E-state index < -0.39 is 0 Å². The van der Waals surface area contributed by atoms with Gasteiger partial charge in [-0.2, -0.15) is 0 Å². The lowest BCUT2D eigenvalue weighted by atomic mass is 9.90. The first-order valence-electron chi connectivity index (χ1n) is 5.18. The summed E-state index contributed by atoms with van der Waals surface area (Å²) in [6.07, 6.45) is 0.847. The number of hydrogen-bond acceptors (Lipinski definition) is 2. The predicted molar refractivity (Wildman–Crippen MR) is 57.5 cm³/mol. The molecule has 0 spiro atoms. The maximum Gasteiger partial charge on any atom is 0.165 e. The highest BCUT2D eigenvalue weighted by molar-refractivity contribution is 5.39. The summed E-state index contributed by atoms with van der Waals surface area (Å²) in [6.45, 7) is 3.96. The molecule has 3 heteroatoms. The average molecular weight is 209 g/mol. The molecule has 1 aliphatic rings. The maximum atomic E-state index is 13.6. The largest absolute Gasteiger partial charge is 0.484 e. The molecule has 1 atom stereocenters. The molecule has 2 nitrogen and oxygen atoms in total. The van der Waals surface area contributed by atoms with Crippen LogP contribution in [0.1, 0.15) is 31.9 Å². The van der Waals surface area contributed by atoms with Gasteiger partial charge in [-0.05, 0) is 27.0 Å². The van der Waals surface area contributed by atoms with Crippen molar-refractivity contribution in [3.05, 3.63) is 29.6 Å². The molecule has 0 bridgehead atoms. The Labute approximate surface area is 89.4 Å². The molecule has 2 rings (SSSR count). The molecule has 1 aromatic rings. The topological polar surface area (TPSA) is 21.3 Å². The number of halogens is 1. The Balaban J connectivity index is 2.49. The smallest absolute Gasteiger partial charge is 0.165 e. The van der Waals surface area contributed by atoms with E-state index in [1.54, 1.807) is 6.07 Å². The Morgan fingerprint density at radius 3 is 2.87 bits per heavy atom. The van der Waals surface area contributed by atoms with Crippen LogP contribution in [0, 0.1) is 5.82 Å². The van der Waals surface area contributed by atoms with Crippen LogP contribution in [0.4, 0.5) is 4.39 Å².